The predicted molar refractivity (Wildman–Crippen MR) is 78.7 cm³/mol. The summed E-state index contributed by atoms with van der Waals surface area (Å²) in [6.45, 7) is 8.10. The summed E-state index contributed by atoms with van der Waals surface area (Å²) in [4.78, 5) is 16.1. The second kappa shape index (κ2) is 5.44. The molecule has 2 rings (SSSR count). The topological polar surface area (TPSA) is 64.4 Å². The Morgan fingerprint density at radius 2 is 2.26 bits per heavy atom. The zero-order valence-corrected chi connectivity index (χ0v) is 13.2. The molecule has 7 heteroatoms. The standard InChI is InChI=1S/C12H18N2O3SSi/c1-19(2,3)5-4-17-8-14-7-13-11-9(14)6-10(18-11)12(15)16/h6-7H,4-5,8H2,1-3H3,(H,15,16). The van der Waals surface area contributed by atoms with Gasteiger partial charge in [-0.2, -0.15) is 0 Å². The molecule has 1 N–H and O–H groups in total. The fraction of sp³-hybridized carbons (Fsp3) is 0.500. The van der Waals surface area contributed by atoms with Gasteiger partial charge in [0, 0.05) is 14.7 Å². The first-order chi connectivity index (χ1) is 8.87. The summed E-state index contributed by atoms with van der Waals surface area (Å²) in [5.41, 5.74) is 0.829. The molecule has 19 heavy (non-hydrogen) atoms. The average molecular weight is 298 g/mol. The smallest absolute Gasteiger partial charge is 0.346 e. The SMILES string of the molecule is C[Si](C)(C)CCOCn1cnc2sc(C(=O)O)cc21. The first-order valence-corrected chi connectivity index (χ1v) is 10.6. The van der Waals surface area contributed by atoms with E-state index >= 15 is 0 Å². The largest absolute Gasteiger partial charge is 0.477 e. The van der Waals surface area contributed by atoms with Gasteiger partial charge >= 0.3 is 5.97 Å². The van der Waals surface area contributed by atoms with Crippen LogP contribution < -0.4 is 0 Å². The first-order valence-electron chi connectivity index (χ1n) is 6.12. The van der Waals surface area contributed by atoms with Gasteiger partial charge in [-0.15, -0.1) is 11.3 Å². The Hall–Kier alpha value is -1.18. The molecule has 5 nitrogen and oxygen atoms in total. The van der Waals surface area contributed by atoms with E-state index in [1.54, 1.807) is 12.4 Å². The Morgan fingerprint density at radius 3 is 2.89 bits per heavy atom. The summed E-state index contributed by atoms with van der Waals surface area (Å²) >= 11 is 1.19. The predicted octanol–water partition coefficient (Wildman–Crippen LogP) is 3.11. The maximum atomic E-state index is 10.9. The van der Waals surface area contributed by atoms with Crippen LogP contribution in [-0.4, -0.2) is 35.3 Å². The van der Waals surface area contributed by atoms with Crippen LogP contribution >= 0.6 is 11.3 Å². The molecule has 0 radical (unpaired) electrons. The Balaban J connectivity index is 1.99. The normalized spacial score (nSPS) is 12.2. The average Bonchev–Trinajstić information content (AvgIpc) is 2.83. The summed E-state index contributed by atoms with van der Waals surface area (Å²) in [7, 11) is -1.07. The number of hydrogen-bond acceptors (Lipinski definition) is 4. The number of fused-ring (bicyclic) bond motifs is 1. The molecule has 0 aliphatic heterocycles. The van der Waals surface area contributed by atoms with Gasteiger partial charge in [-0.3, -0.25) is 0 Å². The van der Waals surface area contributed by atoms with Crippen LogP contribution in [0.3, 0.4) is 0 Å². The van der Waals surface area contributed by atoms with Gasteiger partial charge in [0.25, 0.3) is 0 Å². The minimum Gasteiger partial charge on any atom is -0.477 e. The van der Waals surface area contributed by atoms with E-state index in [0.29, 0.717) is 11.6 Å². The van der Waals surface area contributed by atoms with E-state index in [1.165, 1.54) is 11.3 Å². The molecule has 0 aromatic carbocycles. The molecule has 0 unspecified atom stereocenters. The lowest BCUT2D eigenvalue weighted by Crippen LogP contribution is -2.21. The Morgan fingerprint density at radius 1 is 1.53 bits per heavy atom. The molecule has 0 spiro atoms. The summed E-state index contributed by atoms with van der Waals surface area (Å²) in [6.07, 6.45) is 1.70. The summed E-state index contributed by atoms with van der Waals surface area (Å²) in [5, 5.41) is 8.95. The minimum atomic E-state index is -1.07. The van der Waals surface area contributed by atoms with Crippen LogP contribution in [0.25, 0.3) is 10.3 Å². The minimum absolute atomic E-state index is 0.314. The summed E-state index contributed by atoms with van der Waals surface area (Å²) in [6, 6.07) is 2.77. The van der Waals surface area contributed by atoms with Crippen LogP contribution in [0.4, 0.5) is 0 Å². The molecular formula is C12H18N2O3SSi. The molecule has 2 aromatic heterocycles. The lowest BCUT2D eigenvalue weighted by atomic mass is 10.4. The molecule has 104 valence electrons. The quantitative estimate of drug-likeness (QED) is 0.657. The van der Waals surface area contributed by atoms with Crippen LogP contribution in [0.15, 0.2) is 12.4 Å². The molecule has 0 amide bonds. The van der Waals surface area contributed by atoms with E-state index in [2.05, 4.69) is 24.6 Å². The van der Waals surface area contributed by atoms with Crippen molar-refractivity contribution in [3.05, 3.63) is 17.3 Å². The van der Waals surface area contributed by atoms with Crippen molar-refractivity contribution in [2.24, 2.45) is 0 Å². The zero-order chi connectivity index (χ0) is 14.0. The number of ether oxygens (including phenoxy) is 1. The second-order valence-electron chi connectivity index (χ2n) is 5.67. The number of carbonyl (C=O) groups is 1. The van der Waals surface area contributed by atoms with Gasteiger partial charge in [0.2, 0.25) is 0 Å². The van der Waals surface area contributed by atoms with Crippen molar-refractivity contribution in [1.29, 1.82) is 0 Å². The van der Waals surface area contributed by atoms with Crippen LogP contribution in [0.2, 0.25) is 25.7 Å². The highest BCUT2D eigenvalue weighted by atomic mass is 32.1. The number of thiophene rings is 1. The highest BCUT2D eigenvalue weighted by Crippen LogP contribution is 2.24. The van der Waals surface area contributed by atoms with Crippen molar-refractivity contribution >= 4 is 35.7 Å². The monoisotopic (exact) mass is 298 g/mol. The van der Waals surface area contributed by atoms with Crippen LogP contribution in [0.5, 0.6) is 0 Å². The molecule has 0 saturated carbocycles. The molecule has 2 heterocycles. The number of rotatable bonds is 6. The van der Waals surface area contributed by atoms with Crippen molar-refractivity contribution < 1.29 is 14.6 Å². The van der Waals surface area contributed by atoms with Crippen molar-refractivity contribution in [2.75, 3.05) is 6.61 Å². The van der Waals surface area contributed by atoms with E-state index in [1.807, 2.05) is 4.57 Å². The van der Waals surface area contributed by atoms with Gasteiger partial charge < -0.3 is 14.4 Å². The van der Waals surface area contributed by atoms with E-state index in [4.69, 9.17) is 9.84 Å². The van der Waals surface area contributed by atoms with E-state index in [0.717, 1.165) is 23.0 Å². The van der Waals surface area contributed by atoms with Crippen molar-refractivity contribution in [2.45, 2.75) is 32.4 Å². The Labute approximate surface area is 116 Å². The number of carboxylic acid groups (broad SMARTS) is 1. The third-order valence-electron chi connectivity index (χ3n) is 2.75. The number of imidazole rings is 1. The number of carboxylic acids is 1. The van der Waals surface area contributed by atoms with Crippen LogP contribution in [0.1, 0.15) is 9.67 Å². The van der Waals surface area contributed by atoms with Gasteiger partial charge in [-0.05, 0) is 12.1 Å². The van der Waals surface area contributed by atoms with Crippen LogP contribution in [0, 0.1) is 0 Å². The van der Waals surface area contributed by atoms with Gasteiger partial charge in [0.05, 0.1) is 11.8 Å². The third kappa shape index (κ3) is 3.65. The Kier molecular flexibility index (Phi) is 4.07. The van der Waals surface area contributed by atoms with Crippen molar-refractivity contribution in [3.63, 3.8) is 0 Å². The van der Waals surface area contributed by atoms with E-state index in [9.17, 15) is 4.79 Å². The molecule has 2 aromatic rings. The number of aromatic carboxylic acids is 1. The fourth-order valence-electron chi connectivity index (χ4n) is 1.60. The number of aromatic nitrogens is 2. The van der Waals surface area contributed by atoms with Crippen molar-refractivity contribution in [1.82, 2.24) is 9.55 Å². The van der Waals surface area contributed by atoms with E-state index in [-0.39, 0.29) is 0 Å². The third-order valence-corrected chi connectivity index (χ3v) is 5.48. The molecule has 0 aliphatic rings. The highest BCUT2D eigenvalue weighted by molar-refractivity contribution is 7.20. The van der Waals surface area contributed by atoms with Crippen LogP contribution in [-0.2, 0) is 11.5 Å². The summed E-state index contributed by atoms with van der Waals surface area (Å²) < 4.78 is 7.50. The maximum absolute atomic E-state index is 10.9. The molecule has 0 saturated heterocycles. The fourth-order valence-corrected chi connectivity index (χ4v) is 3.21. The molecule has 0 bridgehead atoms. The number of nitrogens with zero attached hydrogens (tertiary/aromatic N) is 2. The maximum Gasteiger partial charge on any atom is 0.346 e. The molecule has 0 fully saturated rings. The lowest BCUT2D eigenvalue weighted by molar-refractivity contribution is 0.0702. The van der Waals surface area contributed by atoms with Gasteiger partial charge in [0.15, 0.2) is 0 Å². The molecular weight excluding hydrogens is 280 g/mol. The Bertz CT molecular complexity index is 585. The molecule has 0 aliphatic carbocycles. The number of hydrogen-bond donors (Lipinski definition) is 1. The van der Waals surface area contributed by atoms with Gasteiger partial charge in [0.1, 0.15) is 16.4 Å². The lowest BCUT2D eigenvalue weighted by Gasteiger charge is -2.15. The first kappa shape index (κ1) is 14.2. The van der Waals surface area contributed by atoms with Crippen molar-refractivity contribution in [3.8, 4) is 0 Å². The summed E-state index contributed by atoms with van der Waals surface area (Å²) in [5.74, 6) is -0.908. The van der Waals surface area contributed by atoms with Gasteiger partial charge in [-0.1, -0.05) is 19.6 Å². The molecule has 0 atom stereocenters. The highest BCUT2D eigenvalue weighted by Gasteiger charge is 2.14. The van der Waals surface area contributed by atoms with Gasteiger partial charge in [-0.25, -0.2) is 9.78 Å². The second-order valence-corrected chi connectivity index (χ2v) is 12.3. The zero-order valence-electron chi connectivity index (χ0n) is 11.3. The van der Waals surface area contributed by atoms with E-state index < -0.39 is 14.0 Å².